The van der Waals surface area contributed by atoms with E-state index in [0.717, 1.165) is 0 Å². The molecule has 3 aromatic rings. The molecule has 1 amide bonds. The van der Waals surface area contributed by atoms with Crippen molar-refractivity contribution in [2.45, 2.75) is 5.75 Å². The molecular formula is C16H12ClFN4O3S. The van der Waals surface area contributed by atoms with Crippen LogP contribution in [0.25, 0.3) is 10.9 Å². The SMILES string of the molecule is NC(=O)c1cc2c(Nc3ccc(F)c(Cl)c3)ncnc2cc1CS(=O)O. The van der Waals surface area contributed by atoms with Crippen molar-refractivity contribution in [3.8, 4) is 0 Å². The first-order valence-electron chi connectivity index (χ1n) is 7.22. The van der Waals surface area contributed by atoms with E-state index in [4.69, 9.17) is 21.9 Å². The van der Waals surface area contributed by atoms with E-state index < -0.39 is 22.8 Å². The molecule has 0 saturated heterocycles. The number of hydrogen-bond donors (Lipinski definition) is 3. The van der Waals surface area contributed by atoms with Crippen molar-refractivity contribution < 1.29 is 17.9 Å². The van der Waals surface area contributed by atoms with Crippen LogP contribution in [0, 0.1) is 5.82 Å². The van der Waals surface area contributed by atoms with Gasteiger partial charge in [-0.15, -0.1) is 0 Å². The first kappa shape index (κ1) is 18.2. The molecule has 0 fully saturated rings. The molecule has 2 aromatic carbocycles. The second-order valence-electron chi connectivity index (χ2n) is 5.33. The molecule has 7 nitrogen and oxygen atoms in total. The van der Waals surface area contributed by atoms with Crippen LogP contribution in [0.1, 0.15) is 15.9 Å². The standard InChI is InChI=1S/C16H12ClFN4O3S/c17-12-4-9(1-2-13(12)18)22-16-11-5-10(15(19)23)8(6-26(24)25)3-14(11)20-7-21-16/h1-5,7H,6H2,(H2,19,23)(H,24,25)(H,20,21,22). The van der Waals surface area contributed by atoms with Crippen LogP contribution in [-0.2, 0) is 16.8 Å². The number of anilines is 2. The summed E-state index contributed by atoms with van der Waals surface area (Å²) in [6, 6.07) is 7.04. The molecule has 1 atom stereocenters. The van der Waals surface area contributed by atoms with Gasteiger partial charge in [-0.1, -0.05) is 11.6 Å². The van der Waals surface area contributed by atoms with Gasteiger partial charge in [0, 0.05) is 16.6 Å². The van der Waals surface area contributed by atoms with Gasteiger partial charge in [-0.2, -0.15) is 0 Å². The van der Waals surface area contributed by atoms with Crippen LogP contribution in [0.4, 0.5) is 15.9 Å². The molecule has 134 valence electrons. The average molecular weight is 395 g/mol. The van der Waals surface area contributed by atoms with Gasteiger partial charge in [0.15, 0.2) is 11.1 Å². The smallest absolute Gasteiger partial charge is 0.249 e. The molecule has 0 spiro atoms. The number of rotatable bonds is 5. The molecule has 1 aromatic heterocycles. The van der Waals surface area contributed by atoms with Gasteiger partial charge in [-0.3, -0.25) is 4.79 Å². The molecular weight excluding hydrogens is 383 g/mol. The van der Waals surface area contributed by atoms with Gasteiger partial charge < -0.3 is 15.6 Å². The zero-order chi connectivity index (χ0) is 18.8. The van der Waals surface area contributed by atoms with Gasteiger partial charge in [0.05, 0.1) is 16.3 Å². The Labute approximate surface area is 154 Å². The predicted molar refractivity (Wildman–Crippen MR) is 97.2 cm³/mol. The maximum atomic E-state index is 13.3. The third-order valence-electron chi connectivity index (χ3n) is 3.59. The lowest BCUT2D eigenvalue weighted by atomic mass is 10.0. The zero-order valence-corrected chi connectivity index (χ0v) is 14.6. The number of amides is 1. The number of aromatic nitrogens is 2. The third-order valence-corrected chi connectivity index (χ3v) is 4.43. The number of nitrogens with zero attached hydrogens (tertiary/aromatic N) is 2. The maximum Gasteiger partial charge on any atom is 0.249 e. The number of nitrogens with one attached hydrogen (secondary N) is 1. The number of primary amides is 1. The van der Waals surface area contributed by atoms with Gasteiger partial charge in [0.1, 0.15) is 18.0 Å². The minimum absolute atomic E-state index is 0.0566. The molecule has 3 rings (SSSR count). The number of nitrogens with two attached hydrogens (primary N) is 1. The van der Waals surface area contributed by atoms with Gasteiger partial charge in [-0.05, 0) is 35.9 Å². The monoisotopic (exact) mass is 394 g/mol. The van der Waals surface area contributed by atoms with Crippen LogP contribution in [0.2, 0.25) is 5.02 Å². The highest BCUT2D eigenvalue weighted by molar-refractivity contribution is 7.78. The fraction of sp³-hybridized carbons (Fsp3) is 0.0625. The van der Waals surface area contributed by atoms with E-state index in [9.17, 15) is 13.4 Å². The maximum absolute atomic E-state index is 13.3. The van der Waals surface area contributed by atoms with Crippen molar-refractivity contribution in [2.24, 2.45) is 5.73 Å². The van der Waals surface area contributed by atoms with Gasteiger partial charge in [0.25, 0.3) is 0 Å². The lowest BCUT2D eigenvalue weighted by Gasteiger charge is -2.12. The Morgan fingerprint density at radius 3 is 2.73 bits per heavy atom. The fourth-order valence-corrected chi connectivity index (χ4v) is 3.12. The van der Waals surface area contributed by atoms with E-state index in [1.54, 1.807) is 0 Å². The van der Waals surface area contributed by atoms with Crippen molar-refractivity contribution in [3.63, 3.8) is 0 Å². The Morgan fingerprint density at radius 2 is 2.08 bits per heavy atom. The quantitative estimate of drug-likeness (QED) is 0.572. The van der Waals surface area contributed by atoms with Crippen molar-refractivity contribution in [1.29, 1.82) is 0 Å². The molecule has 1 unspecified atom stereocenters. The molecule has 4 N–H and O–H groups in total. The minimum atomic E-state index is -2.15. The van der Waals surface area contributed by atoms with Crippen molar-refractivity contribution in [3.05, 3.63) is 58.6 Å². The topological polar surface area (TPSA) is 118 Å². The van der Waals surface area contributed by atoms with Gasteiger partial charge in [-0.25, -0.2) is 18.6 Å². The predicted octanol–water partition coefficient (Wildman–Crippen LogP) is 2.99. The highest BCUT2D eigenvalue weighted by Gasteiger charge is 2.15. The van der Waals surface area contributed by atoms with Crippen LogP contribution in [-0.4, -0.2) is 24.6 Å². The van der Waals surface area contributed by atoms with Gasteiger partial charge in [0.2, 0.25) is 5.91 Å². The molecule has 0 aliphatic rings. The fourth-order valence-electron chi connectivity index (χ4n) is 2.44. The van der Waals surface area contributed by atoms with Crippen LogP contribution < -0.4 is 11.1 Å². The largest absolute Gasteiger partial charge is 0.366 e. The number of carbonyl (C=O) groups excluding carboxylic acids is 1. The van der Waals surface area contributed by atoms with Crippen molar-refractivity contribution in [2.75, 3.05) is 5.32 Å². The zero-order valence-electron chi connectivity index (χ0n) is 13.1. The average Bonchev–Trinajstić information content (AvgIpc) is 2.57. The third kappa shape index (κ3) is 3.79. The summed E-state index contributed by atoms with van der Waals surface area (Å²) in [5.41, 5.74) is 6.71. The van der Waals surface area contributed by atoms with Crippen molar-refractivity contribution in [1.82, 2.24) is 9.97 Å². The Kier molecular flexibility index (Phi) is 5.12. The minimum Gasteiger partial charge on any atom is -0.366 e. The number of hydrogen-bond acceptors (Lipinski definition) is 5. The second kappa shape index (κ2) is 7.32. The molecule has 0 aliphatic carbocycles. The summed E-state index contributed by atoms with van der Waals surface area (Å²) in [5, 5.41) is 3.39. The molecule has 1 heterocycles. The first-order chi connectivity index (χ1) is 12.3. The number of halogens is 2. The molecule has 0 bridgehead atoms. The Morgan fingerprint density at radius 1 is 1.31 bits per heavy atom. The summed E-state index contributed by atoms with van der Waals surface area (Å²) >= 11 is 3.63. The molecule has 0 saturated carbocycles. The van der Waals surface area contributed by atoms with E-state index in [-0.39, 0.29) is 16.3 Å². The first-order valence-corrected chi connectivity index (χ1v) is 8.87. The lowest BCUT2D eigenvalue weighted by Crippen LogP contribution is -2.15. The number of carbonyl (C=O) groups is 1. The highest BCUT2D eigenvalue weighted by atomic mass is 35.5. The molecule has 0 radical (unpaired) electrons. The molecule has 26 heavy (non-hydrogen) atoms. The Hall–Kier alpha value is -2.62. The summed E-state index contributed by atoms with van der Waals surface area (Å²) in [6.07, 6.45) is 1.29. The summed E-state index contributed by atoms with van der Waals surface area (Å²) in [7, 11) is 0. The van der Waals surface area contributed by atoms with Crippen LogP contribution in [0.15, 0.2) is 36.7 Å². The summed E-state index contributed by atoms with van der Waals surface area (Å²) < 4.78 is 33.5. The second-order valence-corrected chi connectivity index (χ2v) is 6.67. The van der Waals surface area contributed by atoms with Crippen LogP contribution in [0.5, 0.6) is 0 Å². The summed E-state index contributed by atoms with van der Waals surface area (Å²) in [4.78, 5) is 20.0. The van der Waals surface area contributed by atoms with Gasteiger partial charge >= 0.3 is 0 Å². The molecule has 10 heteroatoms. The Bertz CT molecular complexity index is 1050. The summed E-state index contributed by atoms with van der Waals surface area (Å²) in [5.74, 6) is -1.21. The van der Waals surface area contributed by atoms with E-state index in [1.807, 2.05) is 0 Å². The highest BCUT2D eigenvalue weighted by Crippen LogP contribution is 2.28. The normalized spacial score (nSPS) is 12.1. The molecule has 0 aliphatic heterocycles. The van der Waals surface area contributed by atoms with E-state index >= 15 is 0 Å². The number of benzene rings is 2. The number of fused-ring (bicyclic) bond motifs is 1. The van der Waals surface area contributed by atoms with E-state index in [0.29, 0.717) is 28.0 Å². The lowest BCUT2D eigenvalue weighted by molar-refractivity contribution is 0.1000. The Balaban J connectivity index is 2.11. The van der Waals surface area contributed by atoms with Crippen LogP contribution in [0.3, 0.4) is 0 Å². The van der Waals surface area contributed by atoms with E-state index in [2.05, 4.69) is 15.3 Å². The van der Waals surface area contributed by atoms with E-state index in [1.165, 1.54) is 36.7 Å². The summed E-state index contributed by atoms with van der Waals surface area (Å²) in [6.45, 7) is 0. The van der Waals surface area contributed by atoms with Crippen LogP contribution >= 0.6 is 11.6 Å². The van der Waals surface area contributed by atoms with Crippen molar-refractivity contribution >= 4 is 51.0 Å².